The summed E-state index contributed by atoms with van der Waals surface area (Å²) in [5.74, 6) is 0.710. The number of isocyanates is 1. The Bertz CT molecular complexity index is 145. The van der Waals surface area contributed by atoms with Gasteiger partial charge in [-0.3, -0.25) is 0 Å². The van der Waals surface area contributed by atoms with Gasteiger partial charge < -0.3 is 0 Å². The first-order chi connectivity index (χ1) is 4.88. The lowest BCUT2D eigenvalue weighted by atomic mass is 10.1. The van der Waals surface area contributed by atoms with Gasteiger partial charge in [0.2, 0.25) is 6.08 Å². The Balaban J connectivity index is 2.33. The molecule has 2 heteroatoms. The van der Waals surface area contributed by atoms with Crippen molar-refractivity contribution in [3.05, 3.63) is 0 Å². The molecule has 0 spiro atoms. The van der Waals surface area contributed by atoms with Gasteiger partial charge in [-0.25, -0.2) is 9.79 Å². The van der Waals surface area contributed by atoms with E-state index in [0.717, 1.165) is 12.8 Å². The van der Waals surface area contributed by atoms with Crippen molar-refractivity contribution in [1.82, 2.24) is 0 Å². The van der Waals surface area contributed by atoms with Gasteiger partial charge in [-0.1, -0.05) is 13.3 Å². The average molecular weight is 139 g/mol. The predicted octanol–water partition coefficient (Wildman–Crippen LogP) is 1.90. The summed E-state index contributed by atoms with van der Waals surface area (Å²) in [7, 11) is 0. The van der Waals surface area contributed by atoms with Crippen LogP contribution in [0.15, 0.2) is 4.99 Å². The maximum Gasteiger partial charge on any atom is 0.235 e. The standard InChI is InChI=1S/C8H13NO/c1-2-3-8(9-6-10)7-4-5-7/h7-8H,2-5H2,1H3. The van der Waals surface area contributed by atoms with Gasteiger partial charge in [-0.2, -0.15) is 0 Å². The molecule has 0 radical (unpaired) electrons. The number of hydrogen-bond acceptors (Lipinski definition) is 2. The molecular formula is C8H13NO. The van der Waals surface area contributed by atoms with Crippen LogP contribution < -0.4 is 0 Å². The maximum atomic E-state index is 9.93. The van der Waals surface area contributed by atoms with Crippen LogP contribution in [0.25, 0.3) is 0 Å². The fourth-order valence-electron chi connectivity index (χ4n) is 1.25. The van der Waals surface area contributed by atoms with Gasteiger partial charge in [0.25, 0.3) is 0 Å². The number of rotatable bonds is 4. The highest BCUT2D eigenvalue weighted by Gasteiger charge is 2.30. The third-order valence-corrected chi connectivity index (χ3v) is 1.97. The van der Waals surface area contributed by atoms with Crippen LogP contribution in [0.3, 0.4) is 0 Å². The summed E-state index contributed by atoms with van der Waals surface area (Å²) in [5, 5.41) is 0. The molecule has 1 aliphatic carbocycles. The van der Waals surface area contributed by atoms with Crippen LogP contribution in [-0.4, -0.2) is 12.1 Å². The van der Waals surface area contributed by atoms with Crippen LogP contribution in [0.5, 0.6) is 0 Å². The van der Waals surface area contributed by atoms with E-state index in [0.29, 0.717) is 12.0 Å². The van der Waals surface area contributed by atoms with Crippen molar-refractivity contribution in [1.29, 1.82) is 0 Å². The van der Waals surface area contributed by atoms with E-state index in [9.17, 15) is 4.79 Å². The predicted molar refractivity (Wildman–Crippen MR) is 39.5 cm³/mol. The molecule has 0 aromatic carbocycles. The van der Waals surface area contributed by atoms with E-state index < -0.39 is 0 Å². The summed E-state index contributed by atoms with van der Waals surface area (Å²) in [4.78, 5) is 13.7. The normalized spacial score (nSPS) is 19.7. The maximum absolute atomic E-state index is 9.93. The molecule has 0 bridgehead atoms. The van der Waals surface area contributed by atoms with Crippen molar-refractivity contribution in [3.63, 3.8) is 0 Å². The van der Waals surface area contributed by atoms with Gasteiger partial charge >= 0.3 is 0 Å². The lowest BCUT2D eigenvalue weighted by molar-refractivity contribution is 0.522. The molecule has 1 fully saturated rings. The van der Waals surface area contributed by atoms with Crippen molar-refractivity contribution >= 4 is 6.08 Å². The average Bonchev–Trinajstić information content (AvgIpc) is 2.69. The Hall–Kier alpha value is -0.620. The zero-order chi connectivity index (χ0) is 7.40. The largest absolute Gasteiger partial charge is 0.235 e. The number of aliphatic imine (C=N–C) groups is 1. The summed E-state index contributed by atoms with van der Waals surface area (Å²) in [6, 6.07) is 0.294. The molecular weight excluding hydrogens is 126 g/mol. The third kappa shape index (κ3) is 1.96. The second-order valence-electron chi connectivity index (χ2n) is 2.91. The van der Waals surface area contributed by atoms with Crippen LogP contribution in [-0.2, 0) is 4.79 Å². The lowest BCUT2D eigenvalue weighted by Crippen LogP contribution is -2.05. The van der Waals surface area contributed by atoms with E-state index in [1.54, 1.807) is 6.08 Å². The minimum Gasteiger partial charge on any atom is -0.211 e. The first-order valence-electron chi connectivity index (χ1n) is 3.95. The minimum atomic E-state index is 0.294. The fourth-order valence-corrected chi connectivity index (χ4v) is 1.25. The van der Waals surface area contributed by atoms with E-state index in [2.05, 4.69) is 11.9 Å². The first kappa shape index (κ1) is 7.49. The molecule has 0 N–H and O–H groups in total. The quantitative estimate of drug-likeness (QED) is 0.432. The molecule has 0 aromatic heterocycles. The van der Waals surface area contributed by atoms with E-state index in [1.807, 2.05) is 0 Å². The van der Waals surface area contributed by atoms with E-state index in [-0.39, 0.29) is 0 Å². The van der Waals surface area contributed by atoms with Gasteiger partial charge in [-0.15, -0.1) is 0 Å². The highest BCUT2D eigenvalue weighted by Crippen LogP contribution is 2.36. The third-order valence-electron chi connectivity index (χ3n) is 1.97. The van der Waals surface area contributed by atoms with Crippen LogP contribution >= 0.6 is 0 Å². The molecule has 1 aliphatic rings. The van der Waals surface area contributed by atoms with E-state index in [1.165, 1.54) is 12.8 Å². The second-order valence-corrected chi connectivity index (χ2v) is 2.91. The summed E-state index contributed by atoms with van der Waals surface area (Å²) in [6.07, 6.45) is 6.34. The molecule has 2 nitrogen and oxygen atoms in total. The van der Waals surface area contributed by atoms with Crippen molar-refractivity contribution in [2.45, 2.75) is 38.6 Å². The van der Waals surface area contributed by atoms with Crippen LogP contribution in [0, 0.1) is 5.92 Å². The second kappa shape index (κ2) is 3.52. The molecule has 10 heavy (non-hydrogen) atoms. The van der Waals surface area contributed by atoms with Crippen molar-refractivity contribution < 1.29 is 4.79 Å². The van der Waals surface area contributed by atoms with E-state index >= 15 is 0 Å². The fraction of sp³-hybridized carbons (Fsp3) is 0.875. The molecule has 0 aromatic rings. The highest BCUT2D eigenvalue weighted by molar-refractivity contribution is 5.33. The zero-order valence-corrected chi connectivity index (χ0v) is 6.34. The SMILES string of the molecule is CCCC(N=C=O)C1CC1. The number of carbonyl (C=O) groups excluding carboxylic acids is 1. The lowest BCUT2D eigenvalue weighted by Gasteiger charge is -2.04. The summed E-state index contributed by atoms with van der Waals surface area (Å²) >= 11 is 0. The molecule has 1 saturated carbocycles. The Labute approximate surface area is 61.3 Å². The van der Waals surface area contributed by atoms with Gasteiger partial charge in [0.1, 0.15) is 0 Å². The Morgan fingerprint density at radius 1 is 1.70 bits per heavy atom. The number of hydrogen-bond donors (Lipinski definition) is 0. The summed E-state index contributed by atoms with van der Waals surface area (Å²) < 4.78 is 0. The molecule has 1 unspecified atom stereocenters. The molecule has 0 amide bonds. The summed E-state index contributed by atoms with van der Waals surface area (Å²) in [6.45, 7) is 2.12. The van der Waals surface area contributed by atoms with Crippen molar-refractivity contribution in [2.75, 3.05) is 0 Å². The zero-order valence-electron chi connectivity index (χ0n) is 6.34. The van der Waals surface area contributed by atoms with Gasteiger partial charge in [0.05, 0.1) is 6.04 Å². The molecule has 0 aliphatic heterocycles. The molecule has 0 heterocycles. The Kier molecular flexibility index (Phi) is 2.64. The topological polar surface area (TPSA) is 29.4 Å². The monoisotopic (exact) mass is 139 g/mol. The van der Waals surface area contributed by atoms with Crippen molar-refractivity contribution in [3.8, 4) is 0 Å². The van der Waals surface area contributed by atoms with Gasteiger partial charge in [0.15, 0.2) is 0 Å². The van der Waals surface area contributed by atoms with Gasteiger partial charge in [-0.05, 0) is 25.2 Å². The Morgan fingerprint density at radius 2 is 2.40 bits per heavy atom. The minimum absolute atomic E-state index is 0.294. The van der Waals surface area contributed by atoms with Crippen LogP contribution in [0.2, 0.25) is 0 Å². The molecule has 56 valence electrons. The summed E-state index contributed by atoms with van der Waals surface area (Å²) in [5.41, 5.74) is 0. The van der Waals surface area contributed by atoms with Gasteiger partial charge in [0, 0.05) is 0 Å². The number of nitrogens with zero attached hydrogens (tertiary/aromatic N) is 1. The van der Waals surface area contributed by atoms with Crippen molar-refractivity contribution in [2.24, 2.45) is 10.9 Å². The van der Waals surface area contributed by atoms with E-state index in [4.69, 9.17) is 0 Å². The molecule has 1 atom stereocenters. The Morgan fingerprint density at radius 3 is 2.80 bits per heavy atom. The smallest absolute Gasteiger partial charge is 0.211 e. The highest BCUT2D eigenvalue weighted by atomic mass is 16.1. The molecule has 0 saturated heterocycles. The first-order valence-corrected chi connectivity index (χ1v) is 3.95. The molecule has 1 rings (SSSR count). The van der Waals surface area contributed by atoms with Crippen LogP contribution in [0.1, 0.15) is 32.6 Å². The van der Waals surface area contributed by atoms with Crippen LogP contribution in [0.4, 0.5) is 0 Å².